The molecule has 104 valence electrons. The van der Waals surface area contributed by atoms with Gasteiger partial charge >= 0.3 is 51.4 Å². The molecule has 8 heteroatoms. The van der Waals surface area contributed by atoms with Gasteiger partial charge < -0.3 is 19.5 Å². The van der Waals surface area contributed by atoms with Crippen LogP contribution >= 0.6 is 12.2 Å². The number of nitrogens with zero attached hydrogens (tertiary/aromatic N) is 1. The molecule has 0 fully saturated rings. The van der Waals surface area contributed by atoms with Crippen LogP contribution in [0.3, 0.4) is 0 Å². The smallest absolute Gasteiger partial charge is 0.543 e. The van der Waals surface area contributed by atoms with Gasteiger partial charge in [-0.2, -0.15) is 0 Å². The van der Waals surface area contributed by atoms with Gasteiger partial charge in [-0.25, -0.2) is 8.78 Å². The van der Waals surface area contributed by atoms with Crippen molar-refractivity contribution in [2.45, 2.75) is 18.9 Å². The number of nitrogens with one attached hydrogen (secondary N) is 1. The first-order chi connectivity index (χ1) is 9.47. The van der Waals surface area contributed by atoms with Crippen LogP contribution in [-0.2, 0) is 12.8 Å². The van der Waals surface area contributed by atoms with Gasteiger partial charge in [0.05, 0.1) is 11.7 Å². The Morgan fingerprint density at radius 3 is 2.76 bits per heavy atom. The van der Waals surface area contributed by atoms with Crippen LogP contribution in [0.1, 0.15) is 27.7 Å². The van der Waals surface area contributed by atoms with Gasteiger partial charge in [0.25, 0.3) is 0 Å². The van der Waals surface area contributed by atoms with E-state index in [9.17, 15) is 18.7 Å². The maximum atomic E-state index is 13.7. The molecule has 0 saturated carbocycles. The molecular formula is C13H9F2KN2O2S. The van der Waals surface area contributed by atoms with Crippen LogP contribution in [0.2, 0.25) is 0 Å². The molecule has 1 aromatic carbocycles. The van der Waals surface area contributed by atoms with E-state index in [0.717, 1.165) is 6.07 Å². The fraction of sp³-hybridized carbons (Fsp3) is 0.231. The third-order valence-corrected chi connectivity index (χ3v) is 3.85. The largest absolute Gasteiger partial charge is 1.00 e. The Kier molecular flexibility index (Phi) is 5.17. The standard InChI is InChI=1S/C13H10F2N2O2S.K/c14-7-1-6-2-8(4-9(6)10(15)3-7)17-11(12(18)19)5-16-13(17)20;/h1,3,5,8H,2,4H2,(H,16,20)(H,18,19);/q;+1/p-1. The Balaban J connectivity index is 0.00000161. The maximum absolute atomic E-state index is 13.7. The molecule has 1 atom stereocenters. The van der Waals surface area contributed by atoms with Crippen LogP contribution in [0.5, 0.6) is 0 Å². The summed E-state index contributed by atoms with van der Waals surface area (Å²) in [6.07, 6.45) is 1.85. The summed E-state index contributed by atoms with van der Waals surface area (Å²) in [6, 6.07) is 1.75. The number of H-pyrrole nitrogens is 1. The quantitative estimate of drug-likeness (QED) is 0.539. The van der Waals surface area contributed by atoms with Gasteiger partial charge in [-0.05, 0) is 42.3 Å². The second-order valence-electron chi connectivity index (χ2n) is 4.72. The van der Waals surface area contributed by atoms with Crippen molar-refractivity contribution in [1.82, 2.24) is 9.55 Å². The van der Waals surface area contributed by atoms with Gasteiger partial charge in [0.1, 0.15) is 11.6 Å². The predicted octanol–water partition coefficient (Wildman–Crippen LogP) is -1.47. The first-order valence-electron chi connectivity index (χ1n) is 5.95. The Morgan fingerprint density at radius 1 is 1.38 bits per heavy atom. The molecule has 0 saturated heterocycles. The molecule has 1 aliphatic carbocycles. The molecule has 1 aliphatic rings. The molecule has 2 aromatic rings. The van der Waals surface area contributed by atoms with Gasteiger partial charge in [0.2, 0.25) is 0 Å². The number of carbonyl (C=O) groups is 1. The zero-order valence-electron chi connectivity index (χ0n) is 11.2. The molecule has 4 nitrogen and oxygen atoms in total. The Bertz CT molecular complexity index is 772. The molecule has 3 rings (SSSR count). The van der Waals surface area contributed by atoms with Gasteiger partial charge in [0, 0.05) is 18.3 Å². The van der Waals surface area contributed by atoms with Crippen LogP contribution in [0.4, 0.5) is 8.78 Å². The first kappa shape index (κ1) is 17.0. The molecule has 1 aromatic heterocycles. The van der Waals surface area contributed by atoms with Gasteiger partial charge in [-0.15, -0.1) is 0 Å². The number of aromatic carboxylic acids is 1. The second-order valence-corrected chi connectivity index (χ2v) is 5.11. The number of hydrogen-bond acceptors (Lipinski definition) is 3. The molecular weight excluding hydrogens is 325 g/mol. The normalized spacial score (nSPS) is 16.4. The number of halogens is 2. The molecule has 21 heavy (non-hydrogen) atoms. The third kappa shape index (κ3) is 3.06. The van der Waals surface area contributed by atoms with E-state index in [1.54, 1.807) is 0 Å². The van der Waals surface area contributed by atoms with Crippen LogP contribution in [-0.4, -0.2) is 15.5 Å². The van der Waals surface area contributed by atoms with Crippen LogP contribution in [0.15, 0.2) is 18.3 Å². The summed E-state index contributed by atoms with van der Waals surface area (Å²) in [7, 11) is 0. The summed E-state index contributed by atoms with van der Waals surface area (Å²) in [6.45, 7) is 0. The van der Waals surface area contributed by atoms with Crippen LogP contribution in [0.25, 0.3) is 0 Å². The summed E-state index contributed by atoms with van der Waals surface area (Å²) in [5.74, 6) is -2.61. The van der Waals surface area contributed by atoms with Crippen molar-refractivity contribution in [1.29, 1.82) is 0 Å². The SMILES string of the molecule is O=C([O-])c1c[nH]c(=S)n1C1Cc2cc(F)cc(F)c2C1.[K+]. The van der Waals surface area contributed by atoms with E-state index in [1.807, 2.05) is 0 Å². The Hall–Kier alpha value is -0.384. The fourth-order valence-corrected chi connectivity index (χ4v) is 3.02. The second kappa shape index (κ2) is 6.39. The van der Waals surface area contributed by atoms with E-state index in [0.29, 0.717) is 17.5 Å². The maximum Gasteiger partial charge on any atom is 1.00 e. The minimum Gasteiger partial charge on any atom is -0.543 e. The van der Waals surface area contributed by atoms with Crippen molar-refractivity contribution >= 4 is 18.2 Å². The van der Waals surface area contributed by atoms with Gasteiger partial charge in [-0.3, -0.25) is 0 Å². The van der Waals surface area contributed by atoms with E-state index >= 15 is 0 Å². The molecule has 0 aliphatic heterocycles. The van der Waals surface area contributed by atoms with Crippen molar-refractivity contribution in [2.75, 3.05) is 0 Å². The number of benzene rings is 1. The van der Waals surface area contributed by atoms with Crippen molar-refractivity contribution in [3.63, 3.8) is 0 Å². The van der Waals surface area contributed by atoms with Crippen molar-refractivity contribution in [3.05, 3.63) is 51.6 Å². The number of carboxylic acids is 1. The molecule has 1 unspecified atom stereocenters. The number of fused-ring (bicyclic) bond motifs is 1. The van der Waals surface area contributed by atoms with E-state index in [2.05, 4.69) is 4.98 Å². The summed E-state index contributed by atoms with van der Waals surface area (Å²) in [4.78, 5) is 13.7. The van der Waals surface area contributed by atoms with E-state index < -0.39 is 17.6 Å². The number of imidazole rings is 1. The molecule has 0 amide bonds. The number of rotatable bonds is 2. The van der Waals surface area contributed by atoms with Gasteiger partial charge in [-0.1, -0.05) is 0 Å². The number of aromatic amines is 1. The van der Waals surface area contributed by atoms with Crippen molar-refractivity contribution in [3.8, 4) is 0 Å². The number of hydrogen-bond donors (Lipinski definition) is 1. The predicted molar refractivity (Wildman–Crippen MR) is 66.8 cm³/mol. The number of aromatic nitrogens is 2. The average Bonchev–Trinajstić information content (AvgIpc) is 2.92. The number of carboxylic acid groups (broad SMARTS) is 1. The number of carbonyl (C=O) groups excluding carboxylic acids is 1. The average molecular weight is 334 g/mol. The van der Waals surface area contributed by atoms with Crippen LogP contribution < -0.4 is 56.5 Å². The van der Waals surface area contributed by atoms with Crippen LogP contribution in [0, 0.1) is 16.4 Å². The van der Waals surface area contributed by atoms with Crippen molar-refractivity contribution in [2.24, 2.45) is 0 Å². The summed E-state index contributed by atoms with van der Waals surface area (Å²) < 4.78 is 28.5. The Morgan fingerprint density at radius 2 is 2.10 bits per heavy atom. The Labute approximate surface area is 166 Å². The fourth-order valence-electron chi connectivity index (χ4n) is 2.71. The van der Waals surface area contributed by atoms with Crippen molar-refractivity contribution < 1.29 is 70.1 Å². The molecule has 1 N–H and O–H groups in total. The summed E-state index contributed by atoms with van der Waals surface area (Å²) in [5.41, 5.74) is 0.859. The molecule has 0 spiro atoms. The van der Waals surface area contributed by atoms with Gasteiger partial charge in [0.15, 0.2) is 4.77 Å². The van der Waals surface area contributed by atoms with E-state index in [4.69, 9.17) is 12.2 Å². The summed E-state index contributed by atoms with van der Waals surface area (Å²) >= 11 is 5.05. The minimum absolute atomic E-state index is 0. The topological polar surface area (TPSA) is 60.8 Å². The minimum atomic E-state index is -1.36. The first-order valence-corrected chi connectivity index (χ1v) is 6.36. The monoisotopic (exact) mass is 334 g/mol. The molecule has 1 heterocycles. The van der Waals surface area contributed by atoms with E-state index in [-0.39, 0.29) is 74.3 Å². The zero-order valence-corrected chi connectivity index (χ0v) is 15.1. The molecule has 0 bridgehead atoms. The third-order valence-electron chi connectivity index (χ3n) is 3.53. The molecule has 0 radical (unpaired) electrons. The summed E-state index contributed by atoms with van der Waals surface area (Å²) in [5, 5.41) is 11.1. The zero-order chi connectivity index (χ0) is 14.4. The van der Waals surface area contributed by atoms with E-state index in [1.165, 1.54) is 16.8 Å².